The average molecular weight is 326 g/mol. The van der Waals surface area contributed by atoms with Crippen LogP contribution in [0, 0.1) is 0 Å². The molecule has 3 nitrogen and oxygen atoms in total. The topological polar surface area (TPSA) is 43.6 Å². The average Bonchev–Trinajstić information content (AvgIpc) is 2.99. The second-order valence-electron chi connectivity index (χ2n) is 4.78. The Morgan fingerprint density at radius 2 is 1.75 bits per heavy atom. The molecule has 0 atom stereocenters. The van der Waals surface area contributed by atoms with Gasteiger partial charge in [0.25, 0.3) is 0 Å². The highest BCUT2D eigenvalue weighted by atomic mass is 79.9. The van der Waals surface area contributed by atoms with Gasteiger partial charge in [0.05, 0.1) is 5.69 Å². The van der Waals surface area contributed by atoms with E-state index in [1.165, 1.54) is 16.3 Å². The summed E-state index contributed by atoms with van der Waals surface area (Å²) in [6, 6.07) is 18.7. The molecule has 98 valence electrons. The first-order chi connectivity index (χ1) is 9.81. The summed E-state index contributed by atoms with van der Waals surface area (Å²) in [6.45, 7) is 0. The van der Waals surface area contributed by atoms with Crippen LogP contribution in [0.4, 0.5) is 11.5 Å². The molecule has 0 saturated carbocycles. The molecule has 2 aliphatic rings. The molecular weight excluding hydrogens is 314 g/mol. The zero-order valence-electron chi connectivity index (χ0n) is 10.6. The first kappa shape index (κ1) is 11.6. The number of para-hydroxylation sites is 1. The van der Waals surface area contributed by atoms with Gasteiger partial charge in [-0.1, -0.05) is 40.2 Å². The highest BCUT2D eigenvalue weighted by Crippen LogP contribution is 2.38. The number of H-pyrrole nitrogens is 2. The summed E-state index contributed by atoms with van der Waals surface area (Å²) in [5, 5.41) is 12.3. The predicted molar refractivity (Wildman–Crippen MR) is 86.7 cm³/mol. The lowest BCUT2D eigenvalue weighted by Gasteiger charge is -2.03. The monoisotopic (exact) mass is 325 g/mol. The number of benzene rings is 2. The van der Waals surface area contributed by atoms with E-state index in [0.29, 0.717) is 0 Å². The summed E-state index contributed by atoms with van der Waals surface area (Å²) in [6.07, 6.45) is 0. The molecule has 0 radical (unpaired) electrons. The normalized spacial score (nSPS) is 11.2. The molecule has 0 bridgehead atoms. The van der Waals surface area contributed by atoms with Gasteiger partial charge >= 0.3 is 0 Å². The Balaban J connectivity index is 1.82. The van der Waals surface area contributed by atoms with Crippen LogP contribution in [0.3, 0.4) is 0 Å². The summed E-state index contributed by atoms with van der Waals surface area (Å²) in [7, 11) is 0. The zero-order chi connectivity index (χ0) is 13.5. The lowest BCUT2D eigenvalue weighted by molar-refractivity contribution is 1.11. The van der Waals surface area contributed by atoms with Crippen molar-refractivity contribution in [2.24, 2.45) is 0 Å². The fraction of sp³-hybridized carbons (Fsp3) is 0. The summed E-state index contributed by atoms with van der Waals surface area (Å²) in [5.74, 6) is 0.985. The molecule has 0 spiro atoms. The summed E-state index contributed by atoms with van der Waals surface area (Å²) in [4.78, 5) is 0. The van der Waals surface area contributed by atoms with E-state index in [4.69, 9.17) is 0 Å². The number of hydrogen-bond donors (Lipinski definition) is 3. The van der Waals surface area contributed by atoms with E-state index in [9.17, 15) is 0 Å². The van der Waals surface area contributed by atoms with Gasteiger partial charge in [-0.3, -0.25) is 10.2 Å². The summed E-state index contributed by atoms with van der Waals surface area (Å²) < 4.78 is 1.10. The van der Waals surface area contributed by atoms with Gasteiger partial charge in [-0.15, -0.1) is 0 Å². The largest absolute Gasteiger partial charge is 0.340 e. The van der Waals surface area contributed by atoms with Crippen molar-refractivity contribution < 1.29 is 0 Å². The number of halogens is 1. The Bertz CT molecular complexity index is 845. The van der Waals surface area contributed by atoms with E-state index in [-0.39, 0.29) is 0 Å². The van der Waals surface area contributed by atoms with Crippen LogP contribution in [0.5, 0.6) is 0 Å². The fourth-order valence-corrected chi connectivity index (χ4v) is 2.92. The van der Waals surface area contributed by atoms with Crippen molar-refractivity contribution in [2.75, 3.05) is 5.32 Å². The highest BCUT2D eigenvalue weighted by Gasteiger charge is 2.16. The molecule has 0 unspecified atom stereocenters. The van der Waals surface area contributed by atoms with Crippen molar-refractivity contribution in [1.82, 2.24) is 10.2 Å². The molecule has 2 aromatic carbocycles. The molecule has 3 N–H and O–H groups in total. The van der Waals surface area contributed by atoms with Gasteiger partial charge in [-0.25, -0.2) is 0 Å². The number of aromatic nitrogens is 2. The third kappa shape index (κ3) is 1.80. The van der Waals surface area contributed by atoms with Crippen molar-refractivity contribution in [1.29, 1.82) is 0 Å². The van der Waals surface area contributed by atoms with E-state index in [1.807, 2.05) is 30.3 Å². The number of aromatic amines is 2. The standard InChI is InChI=1S/C16H12BrN3/c17-11-6-7-13-10(8-11)9-14-15(13)19-20-16(14)18-12-4-2-1-3-5-12/h1-9,18-20H. The van der Waals surface area contributed by atoms with Crippen LogP contribution in [0.25, 0.3) is 22.0 Å². The minimum atomic E-state index is 0.985. The number of anilines is 2. The van der Waals surface area contributed by atoms with Crippen molar-refractivity contribution in [3.63, 3.8) is 0 Å². The van der Waals surface area contributed by atoms with E-state index in [2.05, 4.69) is 55.7 Å². The Kier molecular flexibility index (Phi) is 2.57. The first-order valence-corrected chi connectivity index (χ1v) is 7.21. The SMILES string of the molecule is Brc1ccc2c3[nH][nH]c(Nc4ccccc4)c-3cc2c1. The van der Waals surface area contributed by atoms with Gasteiger partial charge in [-0.05, 0) is 35.7 Å². The Labute approximate surface area is 124 Å². The quantitative estimate of drug-likeness (QED) is 0.471. The first-order valence-electron chi connectivity index (χ1n) is 6.42. The summed E-state index contributed by atoms with van der Waals surface area (Å²) >= 11 is 3.52. The molecule has 0 saturated heterocycles. The van der Waals surface area contributed by atoms with Crippen molar-refractivity contribution in [3.05, 3.63) is 59.1 Å². The zero-order valence-corrected chi connectivity index (χ0v) is 12.2. The van der Waals surface area contributed by atoms with E-state index in [0.717, 1.165) is 21.7 Å². The Hall–Kier alpha value is -2.20. The van der Waals surface area contributed by atoms with Crippen LogP contribution < -0.4 is 5.32 Å². The minimum absolute atomic E-state index is 0.985. The maximum absolute atomic E-state index is 3.52. The van der Waals surface area contributed by atoms with Crippen LogP contribution in [0.15, 0.2) is 59.1 Å². The molecule has 2 aromatic rings. The molecule has 0 fully saturated rings. The van der Waals surface area contributed by atoms with Gasteiger partial charge in [0.2, 0.25) is 0 Å². The van der Waals surface area contributed by atoms with E-state index >= 15 is 0 Å². The van der Waals surface area contributed by atoms with Crippen LogP contribution in [0.2, 0.25) is 0 Å². The van der Waals surface area contributed by atoms with Gasteiger partial charge in [0, 0.05) is 21.1 Å². The molecule has 0 aromatic heterocycles. The Morgan fingerprint density at radius 1 is 0.900 bits per heavy atom. The number of hydrogen-bond acceptors (Lipinski definition) is 1. The van der Waals surface area contributed by atoms with Crippen LogP contribution in [-0.2, 0) is 0 Å². The van der Waals surface area contributed by atoms with Gasteiger partial charge in [0.1, 0.15) is 5.82 Å². The Morgan fingerprint density at radius 3 is 2.60 bits per heavy atom. The number of fused-ring (bicyclic) bond motifs is 3. The van der Waals surface area contributed by atoms with Crippen molar-refractivity contribution in [2.45, 2.75) is 0 Å². The van der Waals surface area contributed by atoms with Crippen LogP contribution in [-0.4, -0.2) is 10.2 Å². The summed E-state index contributed by atoms with van der Waals surface area (Å²) in [5.41, 5.74) is 3.36. The number of nitrogens with one attached hydrogen (secondary N) is 3. The smallest absolute Gasteiger partial charge is 0.132 e. The second-order valence-corrected chi connectivity index (χ2v) is 5.70. The van der Waals surface area contributed by atoms with Crippen molar-refractivity contribution in [3.8, 4) is 11.3 Å². The van der Waals surface area contributed by atoms with Crippen LogP contribution in [0.1, 0.15) is 0 Å². The molecular formula is C16H12BrN3. The maximum Gasteiger partial charge on any atom is 0.132 e. The van der Waals surface area contributed by atoms with Gasteiger partial charge in [-0.2, -0.15) is 0 Å². The van der Waals surface area contributed by atoms with Crippen molar-refractivity contribution >= 4 is 38.2 Å². The van der Waals surface area contributed by atoms with E-state index < -0.39 is 0 Å². The molecule has 4 heteroatoms. The predicted octanol–water partition coefficient (Wildman–Crippen LogP) is 5.11. The molecule has 0 amide bonds. The van der Waals surface area contributed by atoms with E-state index in [1.54, 1.807) is 0 Å². The second kappa shape index (κ2) is 4.42. The fourth-order valence-electron chi connectivity index (χ4n) is 2.54. The maximum atomic E-state index is 3.52. The third-order valence-corrected chi connectivity index (χ3v) is 3.97. The lowest BCUT2D eigenvalue weighted by Crippen LogP contribution is -1.90. The minimum Gasteiger partial charge on any atom is -0.340 e. The van der Waals surface area contributed by atoms with Crippen LogP contribution >= 0.6 is 15.9 Å². The lowest BCUT2D eigenvalue weighted by atomic mass is 10.2. The third-order valence-electron chi connectivity index (χ3n) is 3.48. The molecule has 1 aliphatic heterocycles. The molecule has 4 rings (SSSR count). The highest BCUT2D eigenvalue weighted by molar-refractivity contribution is 9.10. The van der Waals surface area contributed by atoms with Gasteiger partial charge < -0.3 is 5.32 Å². The molecule has 1 aliphatic carbocycles. The molecule has 1 heterocycles. The molecule has 20 heavy (non-hydrogen) atoms. The number of rotatable bonds is 2. The van der Waals surface area contributed by atoms with Gasteiger partial charge in [0.15, 0.2) is 0 Å².